The van der Waals surface area contributed by atoms with Gasteiger partial charge in [-0.3, -0.25) is 10.1 Å². The van der Waals surface area contributed by atoms with Gasteiger partial charge in [0.15, 0.2) is 0 Å². The first-order valence-electron chi connectivity index (χ1n) is 5.59. The predicted molar refractivity (Wildman–Crippen MR) is 73.9 cm³/mol. The van der Waals surface area contributed by atoms with Crippen LogP contribution in [-0.4, -0.2) is 23.0 Å². The van der Waals surface area contributed by atoms with Gasteiger partial charge >= 0.3 is 0 Å². The summed E-state index contributed by atoms with van der Waals surface area (Å²) in [6.45, 7) is 4.02. The number of anilines is 1. The minimum Gasteiger partial charge on any atom is -0.381 e. The molecule has 0 heterocycles. The van der Waals surface area contributed by atoms with E-state index in [4.69, 9.17) is 0 Å². The molecule has 0 aliphatic heterocycles. The second-order valence-electron chi connectivity index (χ2n) is 3.96. The second-order valence-corrected chi connectivity index (χ2v) is 4.87. The molecule has 5 heteroatoms. The fourth-order valence-corrected chi connectivity index (χ4v) is 2.33. The van der Waals surface area contributed by atoms with Gasteiger partial charge in [-0.15, -0.1) is 0 Å². The van der Waals surface area contributed by atoms with Crippen molar-refractivity contribution in [3.63, 3.8) is 0 Å². The van der Waals surface area contributed by atoms with Gasteiger partial charge in [0, 0.05) is 29.6 Å². The normalized spacial score (nSPS) is 12.2. The molecule has 0 fully saturated rings. The van der Waals surface area contributed by atoms with Gasteiger partial charge in [-0.1, -0.05) is 6.92 Å². The topological polar surface area (TPSA) is 55.2 Å². The molecule has 1 N–H and O–H groups in total. The molecule has 1 rings (SSSR count). The van der Waals surface area contributed by atoms with Gasteiger partial charge < -0.3 is 5.32 Å². The zero-order chi connectivity index (χ0) is 12.8. The number of benzene rings is 1. The number of hydrogen-bond acceptors (Lipinski definition) is 4. The number of nitro groups is 1. The number of rotatable bonds is 6. The molecule has 94 valence electrons. The Balaban J connectivity index is 2.81. The van der Waals surface area contributed by atoms with Gasteiger partial charge in [-0.2, -0.15) is 11.8 Å². The molecule has 0 aromatic heterocycles. The molecular weight excluding hydrogens is 236 g/mol. The number of thioether (sulfide) groups is 1. The van der Waals surface area contributed by atoms with E-state index in [1.165, 1.54) is 0 Å². The first-order chi connectivity index (χ1) is 8.08. The fraction of sp³-hybridized carbons (Fsp3) is 0.500. The van der Waals surface area contributed by atoms with E-state index in [1.807, 2.05) is 6.92 Å². The summed E-state index contributed by atoms with van der Waals surface area (Å²) in [6.07, 6.45) is 3.12. The maximum atomic E-state index is 10.6. The molecule has 1 aromatic carbocycles. The number of nitrogens with zero attached hydrogens (tertiary/aromatic N) is 1. The van der Waals surface area contributed by atoms with Crippen LogP contribution in [-0.2, 0) is 0 Å². The molecule has 0 saturated heterocycles. The van der Waals surface area contributed by atoms with E-state index < -0.39 is 0 Å². The highest BCUT2D eigenvalue weighted by Gasteiger charge is 2.10. The van der Waals surface area contributed by atoms with Crippen molar-refractivity contribution in [2.24, 2.45) is 0 Å². The molecule has 0 saturated carbocycles. The average molecular weight is 254 g/mol. The van der Waals surface area contributed by atoms with E-state index in [1.54, 1.807) is 30.0 Å². The number of non-ortho nitro benzene ring substituents is 1. The van der Waals surface area contributed by atoms with Crippen LogP contribution in [0.2, 0.25) is 0 Å². The Morgan fingerprint density at radius 2 is 2.24 bits per heavy atom. The van der Waals surface area contributed by atoms with Crippen molar-refractivity contribution in [3.8, 4) is 0 Å². The zero-order valence-electron chi connectivity index (χ0n) is 10.4. The van der Waals surface area contributed by atoms with Crippen LogP contribution in [0.4, 0.5) is 11.4 Å². The van der Waals surface area contributed by atoms with Crippen molar-refractivity contribution in [1.29, 1.82) is 0 Å². The Bertz CT molecular complexity index is 396. The van der Waals surface area contributed by atoms with Crippen molar-refractivity contribution in [3.05, 3.63) is 33.9 Å². The van der Waals surface area contributed by atoms with Crippen LogP contribution in [0.25, 0.3) is 0 Å². The predicted octanol–water partition coefficient (Wildman–Crippen LogP) is 3.46. The third-order valence-electron chi connectivity index (χ3n) is 2.64. The first kappa shape index (κ1) is 13.8. The van der Waals surface area contributed by atoms with Crippen LogP contribution >= 0.6 is 11.8 Å². The molecule has 17 heavy (non-hydrogen) atoms. The maximum absolute atomic E-state index is 10.6. The van der Waals surface area contributed by atoms with E-state index in [0.717, 1.165) is 23.4 Å². The number of hydrogen-bond donors (Lipinski definition) is 1. The summed E-state index contributed by atoms with van der Waals surface area (Å²) in [7, 11) is 0. The molecule has 0 amide bonds. The lowest BCUT2D eigenvalue weighted by Crippen LogP contribution is -2.21. The van der Waals surface area contributed by atoms with Crippen LogP contribution in [0, 0.1) is 17.0 Å². The molecule has 1 aromatic rings. The summed E-state index contributed by atoms with van der Waals surface area (Å²) < 4.78 is 0. The number of nitro benzene ring substituents is 1. The van der Waals surface area contributed by atoms with Gasteiger partial charge in [0.25, 0.3) is 5.69 Å². The standard InChI is InChI=1S/C12H18N2O2S/c1-4-10(8-17-3)13-12-6-5-11(14(15)16)7-9(12)2/h5-7,10,13H,4,8H2,1-3H3. The molecule has 4 nitrogen and oxygen atoms in total. The van der Waals surface area contributed by atoms with Crippen LogP contribution < -0.4 is 5.32 Å². The van der Waals surface area contributed by atoms with Crippen LogP contribution in [0.1, 0.15) is 18.9 Å². The molecule has 0 radical (unpaired) electrons. The van der Waals surface area contributed by atoms with Crippen molar-refractivity contribution in [1.82, 2.24) is 0 Å². The third-order valence-corrected chi connectivity index (χ3v) is 3.38. The molecule has 0 aliphatic carbocycles. The van der Waals surface area contributed by atoms with Gasteiger partial charge in [0.2, 0.25) is 0 Å². The Morgan fingerprint density at radius 1 is 1.53 bits per heavy atom. The van der Waals surface area contributed by atoms with Gasteiger partial charge in [-0.05, 0) is 31.2 Å². The summed E-state index contributed by atoms with van der Waals surface area (Å²) in [6, 6.07) is 5.34. The SMILES string of the molecule is CCC(CSC)Nc1ccc([N+](=O)[O-])cc1C. The van der Waals surface area contributed by atoms with Crippen LogP contribution in [0.3, 0.4) is 0 Å². The van der Waals surface area contributed by atoms with Gasteiger partial charge in [0.05, 0.1) is 4.92 Å². The zero-order valence-corrected chi connectivity index (χ0v) is 11.2. The maximum Gasteiger partial charge on any atom is 0.269 e. The Hall–Kier alpha value is -1.23. The fourth-order valence-electron chi connectivity index (χ4n) is 1.61. The summed E-state index contributed by atoms with van der Waals surface area (Å²) in [5.41, 5.74) is 2.04. The molecular formula is C12H18N2O2S. The summed E-state index contributed by atoms with van der Waals surface area (Å²) in [5, 5.41) is 14.0. The first-order valence-corrected chi connectivity index (χ1v) is 6.98. The summed E-state index contributed by atoms with van der Waals surface area (Å²) in [4.78, 5) is 10.3. The van der Waals surface area contributed by atoms with Crippen LogP contribution in [0.5, 0.6) is 0 Å². The molecule has 1 atom stereocenters. The quantitative estimate of drug-likeness (QED) is 0.624. The van der Waals surface area contributed by atoms with E-state index >= 15 is 0 Å². The Kier molecular flexibility index (Phi) is 5.28. The van der Waals surface area contributed by atoms with Crippen LogP contribution in [0.15, 0.2) is 18.2 Å². The largest absolute Gasteiger partial charge is 0.381 e. The minimum absolute atomic E-state index is 0.144. The van der Waals surface area contributed by atoms with E-state index in [-0.39, 0.29) is 10.6 Å². The average Bonchev–Trinajstić information content (AvgIpc) is 2.30. The third kappa shape index (κ3) is 3.93. The lowest BCUT2D eigenvalue weighted by atomic mass is 10.1. The highest BCUT2D eigenvalue weighted by Crippen LogP contribution is 2.22. The lowest BCUT2D eigenvalue weighted by Gasteiger charge is -2.18. The highest BCUT2D eigenvalue weighted by atomic mass is 32.2. The molecule has 1 unspecified atom stereocenters. The van der Waals surface area contributed by atoms with Gasteiger partial charge in [-0.25, -0.2) is 0 Å². The monoisotopic (exact) mass is 254 g/mol. The molecule has 0 spiro atoms. The van der Waals surface area contributed by atoms with Gasteiger partial charge in [0.1, 0.15) is 0 Å². The summed E-state index contributed by atoms with van der Waals surface area (Å²) >= 11 is 1.80. The lowest BCUT2D eigenvalue weighted by molar-refractivity contribution is -0.384. The Morgan fingerprint density at radius 3 is 2.71 bits per heavy atom. The number of nitrogens with one attached hydrogen (secondary N) is 1. The Labute approximate surface area is 106 Å². The highest BCUT2D eigenvalue weighted by molar-refractivity contribution is 7.98. The second kappa shape index (κ2) is 6.49. The minimum atomic E-state index is -0.365. The van der Waals surface area contributed by atoms with E-state index in [9.17, 15) is 10.1 Å². The van der Waals surface area contributed by atoms with E-state index in [0.29, 0.717) is 6.04 Å². The smallest absolute Gasteiger partial charge is 0.269 e. The van der Waals surface area contributed by atoms with E-state index in [2.05, 4.69) is 18.5 Å². The van der Waals surface area contributed by atoms with Crippen molar-refractivity contribution >= 4 is 23.1 Å². The van der Waals surface area contributed by atoms with Crippen molar-refractivity contribution in [2.75, 3.05) is 17.3 Å². The van der Waals surface area contributed by atoms with Crippen molar-refractivity contribution in [2.45, 2.75) is 26.3 Å². The van der Waals surface area contributed by atoms with Crippen molar-refractivity contribution < 1.29 is 4.92 Å². The molecule has 0 aliphatic rings. The number of aryl methyl sites for hydroxylation is 1. The summed E-state index contributed by atoms with van der Waals surface area (Å²) in [5.74, 6) is 1.03. The molecule has 0 bridgehead atoms.